The minimum atomic E-state index is -1.09. The molecule has 0 bridgehead atoms. The Kier molecular flexibility index (Phi) is 15.2. The average Bonchev–Trinajstić information content (AvgIpc) is 2.59. The maximum atomic E-state index is 11.7. The number of ether oxygens (including phenoxy) is 2. The molecule has 9 nitrogen and oxygen atoms in total. The molecule has 0 rings (SSSR count). The van der Waals surface area contributed by atoms with Crippen molar-refractivity contribution in [1.82, 2.24) is 16.0 Å². The Bertz CT molecular complexity index is 397. The lowest BCUT2D eigenvalue weighted by Crippen LogP contribution is -2.42. The predicted octanol–water partition coefficient (Wildman–Crippen LogP) is -0.975. The van der Waals surface area contributed by atoms with Gasteiger partial charge in [-0.15, -0.1) is 0 Å². The normalized spacial score (nSPS) is 11.8. The molecular formula is C15H29N3O6S. The van der Waals surface area contributed by atoms with Crippen molar-refractivity contribution < 1.29 is 29.0 Å². The van der Waals surface area contributed by atoms with Crippen molar-refractivity contribution in [2.75, 3.05) is 52.3 Å². The fourth-order valence-corrected chi connectivity index (χ4v) is 1.92. The smallest absolute Gasteiger partial charge is 0.326 e. The van der Waals surface area contributed by atoms with Crippen molar-refractivity contribution in [3.8, 4) is 0 Å². The van der Waals surface area contributed by atoms with Crippen LogP contribution >= 0.6 is 12.6 Å². The van der Waals surface area contributed by atoms with Crippen LogP contribution in [0.2, 0.25) is 0 Å². The summed E-state index contributed by atoms with van der Waals surface area (Å²) in [5.41, 5.74) is 0. The highest BCUT2D eigenvalue weighted by atomic mass is 32.1. The van der Waals surface area contributed by atoms with E-state index in [2.05, 4.69) is 28.6 Å². The number of aliphatic carboxylic acids is 1. The monoisotopic (exact) mass is 379 g/mol. The van der Waals surface area contributed by atoms with Crippen LogP contribution in [-0.2, 0) is 23.9 Å². The summed E-state index contributed by atoms with van der Waals surface area (Å²) in [6.07, 6.45) is 1.47. The van der Waals surface area contributed by atoms with Crippen molar-refractivity contribution in [3.63, 3.8) is 0 Å². The Labute approximate surface area is 153 Å². The van der Waals surface area contributed by atoms with Crippen molar-refractivity contribution in [3.05, 3.63) is 0 Å². The second-order valence-corrected chi connectivity index (χ2v) is 5.55. The van der Waals surface area contributed by atoms with Crippen LogP contribution in [0.4, 0.5) is 0 Å². The van der Waals surface area contributed by atoms with E-state index in [4.69, 9.17) is 14.6 Å². The topological polar surface area (TPSA) is 126 Å². The number of likely N-dealkylation sites (N-methyl/N-ethyl adjacent to an activating group) is 1. The Morgan fingerprint density at radius 2 is 1.76 bits per heavy atom. The van der Waals surface area contributed by atoms with E-state index in [-0.39, 0.29) is 31.3 Å². The summed E-state index contributed by atoms with van der Waals surface area (Å²) in [5, 5.41) is 17.1. The van der Waals surface area contributed by atoms with Gasteiger partial charge >= 0.3 is 5.97 Å². The van der Waals surface area contributed by atoms with Crippen LogP contribution in [0.5, 0.6) is 0 Å². The van der Waals surface area contributed by atoms with Gasteiger partial charge in [0.25, 0.3) is 0 Å². The van der Waals surface area contributed by atoms with E-state index in [1.807, 2.05) is 7.05 Å². The highest BCUT2D eigenvalue weighted by Gasteiger charge is 2.19. The average molecular weight is 379 g/mol. The molecule has 0 radical (unpaired) electrons. The zero-order valence-corrected chi connectivity index (χ0v) is 15.5. The number of carboxylic acids is 1. The van der Waals surface area contributed by atoms with Gasteiger partial charge in [-0.2, -0.15) is 12.6 Å². The summed E-state index contributed by atoms with van der Waals surface area (Å²) < 4.78 is 10.4. The van der Waals surface area contributed by atoms with Gasteiger partial charge in [-0.3, -0.25) is 9.59 Å². The molecule has 0 aliphatic carbocycles. The molecule has 1 atom stereocenters. The molecule has 0 aliphatic rings. The van der Waals surface area contributed by atoms with Gasteiger partial charge in [0.15, 0.2) is 0 Å². The van der Waals surface area contributed by atoms with Gasteiger partial charge in [-0.25, -0.2) is 4.79 Å². The number of carbonyl (C=O) groups is 3. The molecule has 0 spiro atoms. The van der Waals surface area contributed by atoms with Crippen molar-refractivity contribution in [1.29, 1.82) is 0 Å². The third kappa shape index (κ3) is 14.7. The van der Waals surface area contributed by atoms with E-state index >= 15 is 0 Å². The first-order chi connectivity index (χ1) is 12.0. The number of rotatable bonds is 16. The molecule has 0 fully saturated rings. The summed E-state index contributed by atoms with van der Waals surface area (Å²) in [6.45, 7) is 2.17. The van der Waals surface area contributed by atoms with E-state index in [0.717, 1.165) is 6.54 Å². The Balaban J connectivity index is 3.80. The molecule has 0 saturated heterocycles. The van der Waals surface area contributed by atoms with Gasteiger partial charge in [-0.1, -0.05) is 0 Å². The van der Waals surface area contributed by atoms with Gasteiger partial charge < -0.3 is 30.5 Å². The van der Waals surface area contributed by atoms with E-state index in [1.165, 1.54) is 0 Å². The Morgan fingerprint density at radius 3 is 2.40 bits per heavy atom. The first-order valence-corrected chi connectivity index (χ1v) is 8.84. The number of nitrogens with one attached hydrogen (secondary N) is 3. The largest absolute Gasteiger partial charge is 0.480 e. The number of thiol groups is 1. The number of carboxylic acid groups (broad SMARTS) is 1. The summed E-state index contributed by atoms with van der Waals surface area (Å²) in [7, 11) is 1.82. The molecule has 25 heavy (non-hydrogen) atoms. The molecule has 0 aliphatic heterocycles. The zero-order chi connectivity index (χ0) is 18.9. The van der Waals surface area contributed by atoms with Crippen LogP contribution in [0.1, 0.15) is 19.3 Å². The SMILES string of the molecule is CNCCOCCOCC(=O)NC(CCCCNC(=O)CS)C(=O)O. The minimum absolute atomic E-state index is 0.119. The zero-order valence-electron chi connectivity index (χ0n) is 14.6. The van der Waals surface area contributed by atoms with Crippen LogP contribution in [0, 0.1) is 0 Å². The molecule has 146 valence electrons. The Morgan fingerprint density at radius 1 is 1.04 bits per heavy atom. The first kappa shape index (κ1) is 23.6. The predicted molar refractivity (Wildman–Crippen MR) is 95.8 cm³/mol. The van der Waals surface area contributed by atoms with Gasteiger partial charge in [-0.05, 0) is 26.3 Å². The van der Waals surface area contributed by atoms with Gasteiger partial charge in [0.05, 0.1) is 25.6 Å². The van der Waals surface area contributed by atoms with Gasteiger partial charge in [0, 0.05) is 13.1 Å². The van der Waals surface area contributed by atoms with E-state index in [1.54, 1.807) is 0 Å². The molecular weight excluding hydrogens is 350 g/mol. The third-order valence-electron chi connectivity index (χ3n) is 3.12. The summed E-state index contributed by atoms with van der Waals surface area (Å²) >= 11 is 3.83. The third-order valence-corrected chi connectivity index (χ3v) is 3.41. The minimum Gasteiger partial charge on any atom is -0.480 e. The standard InChI is InChI=1S/C15H29N3O6S/c1-16-6-7-23-8-9-24-10-13(19)18-12(15(21)22)4-2-3-5-17-14(20)11-25/h12,16,25H,2-11H2,1H3,(H,17,20)(H,18,19)(H,21,22). The molecule has 0 aromatic rings. The lowest BCUT2D eigenvalue weighted by Gasteiger charge is -2.14. The molecule has 1 unspecified atom stereocenters. The number of hydrogen-bond acceptors (Lipinski definition) is 7. The lowest BCUT2D eigenvalue weighted by atomic mass is 10.1. The molecule has 0 saturated carbocycles. The fourth-order valence-electron chi connectivity index (χ4n) is 1.81. The highest BCUT2D eigenvalue weighted by molar-refractivity contribution is 7.81. The summed E-state index contributed by atoms with van der Waals surface area (Å²) in [5.74, 6) is -1.62. The Hall–Kier alpha value is -1.36. The summed E-state index contributed by atoms with van der Waals surface area (Å²) in [6, 6.07) is -0.969. The highest BCUT2D eigenvalue weighted by Crippen LogP contribution is 2.01. The van der Waals surface area contributed by atoms with E-state index < -0.39 is 17.9 Å². The van der Waals surface area contributed by atoms with Crippen LogP contribution in [0.15, 0.2) is 0 Å². The summed E-state index contributed by atoms with van der Waals surface area (Å²) in [4.78, 5) is 33.9. The van der Waals surface area contributed by atoms with E-state index in [9.17, 15) is 14.4 Å². The first-order valence-electron chi connectivity index (χ1n) is 8.21. The molecule has 4 N–H and O–H groups in total. The second-order valence-electron chi connectivity index (χ2n) is 5.23. The fraction of sp³-hybridized carbons (Fsp3) is 0.800. The molecule has 0 heterocycles. The van der Waals surface area contributed by atoms with Crippen LogP contribution in [0.3, 0.4) is 0 Å². The maximum Gasteiger partial charge on any atom is 0.326 e. The lowest BCUT2D eigenvalue weighted by molar-refractivity contribution is -0.142. The maximum absolute atomic E-state index is 11.7. The molecule has 0 aromatic carbocycles. The van der Waals surface area contributed by atoms with E-state index in [0.29, 0.717) is 32.6 Å². The number of hydrogen-bond donors (Lipinski definition) is 5. The molecule has 10 heteroatoms. The van der Waals surface area contributed by atoms with Crippen LogP contribution < -0.4 is 16.0 Å². The van der Waals surface area contributed by atoms with Crippen molar-refractivity contribution in [2.45, 2.75) is 25.3 Å². The van der Waals surface area contributed by atoms with Crippen LogP contribution in [-0.4, -0.2) is 81.2 Å². The van der Waals surface area contributed by atoms with Crippen molar-refractivity contribution in [2.24, 2.45) is 0 Å². The molecule has 0 aromatic heterocycles. The van der Waals surface area contributed by atoms with Crippen molar-refractivity contribution >= 4 is 30.4 Å². The van der Waals surface area contributed by atoms with Gasteiger partial charge in [0.2, 0.25) is 11.8 Å². The number of carbonyl (C=O) groups excluding carboxylic acids is 2. The molecule has 2 amide bonds. The van der Waals surface area contributed by atoms with Gasteiger partial charge in [0.1, 0.15) is 12.6 Å². The van der Waals surface area contributed by atoms with Crippen LogP contribution in [0.25, 0.3) is 0 Å². The number of unbranched alkanes of at least 4 members (excludes halogenated alkanes) is 1. The number of amides is 2. The quantitative estimate of drug-likeness (QED) is 0.172. The second kappa shape index (κ2) is 16.1.